The van der Waals surface area contributed by atoms with E-state index in [1.165, 1.54) is 0 Å². The Hall–Kier alpha value is -2.34. The summed E-state index contributed by atoms with van der Waals surface area (Å²) in [6.07, 6.45) is 1.34. The molecule has 0 aromatic heterocycles. The molecule has 0 unspecified atom stereocenters. The van der Waals surface area contributed by atoms with E-state index >= 15 is 0 Å². The fourth-order valence-electron chi connectivity index (χ4n) is 2.88. The molecule has 2 amide bonds. The van der Waals surface area contributed by atoms with Crippen LogP contribution in [0.4, 0.5) is 5.69 Å². The van der Waals surface area contributed by atoms with E-state index in [2.05, 4.69) is 26.8 Å². The van der Waals surface area contributed by atoms with Crippen LogP contribution in [0.25, 0.3) is 0 Å². The van der Waals surface area contributed by atoms with Gasteiger partial charge in [-0.25, -0.2) is 0 Å². The maximum atomic E-state index is 12.5. The average molecular weight is 402 g/mol. The molecule has 2 aromatic carbocycles. The van der Waals surface area contributed by atoms with Crippen molar-refractivity contribution in [3.63, 3.8) is 0 Å². The Balaban J connectivity index is 1.48. The topological polar surface area (TPSA) is 61.4 Å². The number of carbonyl (C=O) groups excluding carboxylic acids is 2. The van der Waals surface area contributed by atoms with E-state index in [9.17, 15) is 9.59 Å². The monoisotopic (exact) mass is 401 g/mol. The van der Waals surface area contributed by atoms with Gasteiger partial charge in [-0.3, -0.25) is 20.4 Å². The van der Waals surface area contributed by atoms with Gasteiger partial charge in [0.2, 0.25) is 5.91 Å². The Kier molecular flexibility index (Phi) is 5.71. The molecule has 3 rings (SSSR count). The summed E-state index contributed by atoms with van der Waals surface area (Å²) in [5, 5.41) is 0. The van der Waals surface area contributed by atoms with E-state index < -0.39 is 0 Å². The van der Waals surface area contributed by atoms with Gasteiger partial charge in [-0.05, 0) is 49.2 Å². The van der Waals surface area contributed by atoms with Gasteiger partial charge in [-0.1, -0.05) is 34.1 Å². The third-order valence-corrected chi connectivity index (χ3v) is 4.88. The molecule has 1 aliphatic heterocycles. The van der Waals surface area contributed by atoms with E-state index in [1.54, 1.807) is 0 Å². The van der Waals surface area contributed by atoms with Crippen molar-refractivity contribution in [2.24, 2.45) is 5.92 Å². The van der Waals surface area contributed by atoms with Crippen LogP contribution in [-0.4, -0.2) is 29.8 Å². The van der Waals surface area contributed by atoms with Crippen LogP contribution in [0, 0.1) is 5.92 Å². The SMILES string of the molecule is O=C(NNc1ccccc1)C1CCN(C(=O)c2ccc(Br)cc2)CC1. The van der Waals surface area contributed by atoms with Gasteiger partial charge in [0, 0.05) is 29.0 Å². The molecule has 25 heavy (non-hydrogen) atoms. The second-order valence-corrected chi connectivity index (χ2v) is 6.97. The van der Waals surface area contributed by atoms with E-state index in [4.69, 9.17) is 0 Å². The molecule has 0 atom stereocenters. The average Bonchev–Trinajstić information content (AvgIpc) is 2.67. The normalized spacial score (nSPS) is 14.8. The van der Waals surface area contributed by atoms with Crippen LogP contribution in [-0.2, 0) is 4.79 Å². The van der Waals surface area contributed by atoms with E-state index in [0.717, 1.165) is 10.2 Å². The largest absolute Gasteiger partial charge is 0.339 e. The number of benzene rings is 2. The summed E-state index contributed by atoms with van der Waals surface area (Å²) in [6.45, 7) is 1.19. The summed E-state index contributed by atoms with van der Waals surface area (Å²) < 4.78 is 0.949. The van der Waals surface area contributed by atoms with Crippen LogP contribution in [0.3, 0.4) is 0 Å². The lowest BCUT2D eigenvalue weighted by Gasteiger charge is -2.31. The third kappa shape index (κ3) is 4.60. The fraction of sp³-hybridized carbons (Fsp3) is 0.263. The van der Waals surface area contributed by atoms with Gasteiger partial charge in [0.05, 0.1) is 5.69 Å². The van der Waals surface area contributed by atoms with Gasteiger partial charge >= 0.3 is 0 Å². The minimum atomic E-state index is -0.0785. The number of likely N-dealkylation sites (tertiary alicyclic amines) is 1. The van der Waals surface area contributed by atoms with Gasteiger partial charge in [-0.2, -0.15) is 0 Å². The van der Waals surface area contributed by atoms with Crippen LogP contribution in [0.1, 0.15) is 23.2 Å². The molecule has 0 saturated carbocycles. The minimum absolute atomic E-state index is 0.0220. The van der Waals surface area contributed by atoms with Gasteiger partial charge in [0.25, 0.3) is 5.91 Å². The minimum Gasteiger partial charge on any atom is -0.339 e. The van der Waals surface area contributed by atoms with Gasteiger partial charge in [0.1, 0.15) is 0 Å². The highest BCUT2D eigenvalue weighted by Crippen LogP contribution is 2.20. The number of hydrazine groups is 1. The Morgan fingerprint density at radius 1 is 0.960 bits per heavy atom. The summed E-state index contributed by atoms with van der Waals surface area (Å²) in [6, 6.07) is 16.9. The van der Waals surface area contributed by atoms with Crippen LogP contribution >= 0.6 is 15.9 Å². The first-order chi connectivity index (χ1) is 12.1. The highest BCUT2D eigenvalue weighted by Gasteiger charge is 2.27. The second-order valence-electron chi connectivity index (χ2n) is 6.05. The Labute approximate surface area is 155 Å². The lowest BCUT2D eigenvalue weighted by Crippen LogP contribution is -2.44. The number of amides is 2. The quantitative estimate of drug-likeness (QED) is 0.771. The number of anilines is 1. The second kappa shape index (κ2) is 8.16. The van der Waals surface area contributed by atoms with Gasteiger partial charge in [-0.15, -0.1) is 0 Å². The summed E-state index contributed by atoms with van der Waals surface area (Å²) in [4.78, 5) is 26.6. The Morgan fingerprint density at radius 3 is 2.24 bits per heavy atom. The molecule has 1 fully saturated rings. The maximum Gasteiger partial charge on any atom is 0.253 e. The van der Waals surface area contributed by atoms with Crippen molar-refractivity contribution >= 4 is 33.4 Å². The number of nitrogens with one attached hydrogen (secondary N) is 2. The van der Waals surface area contributed by atoms with Crippen molar-refractivity contribution in [2.75, 3.05) is 18.5 Å². The molecule has 5 nitrogen and oxygen atoms in total. The molecule has 130 valence electrons. The van der Waals surface area contributed by atoms with Crippen molar-refractivity contribution in [1.82, 2.24) is 10.3 Å². The summed E-state index contributed by atoms with van der Waals surface area (Å²) in [5.74, 6) is -0.0847. The Bertz CT molecular complexity index is 726. The molecule has 0 bridgehead atoms. The molecule has 1 aliphatic rings. The predicted octanol–water partition coefficient (Wildman–Crippen LogP) is 3.44. The van der Waals surface area contributed by atoms with Crippen LogP contribution in [0.15, 0.2) is 59.1 Å². The summed E-state index contributed by atoms with van der Waals surface area (Å²) in [7, 11) is 0. The summed E-state index contributed by atoms with van der Waals surface area (Å²) >= 11 is 3.37. The first-order valence-corrected chi connectivity index (χ1v) is 9.08. The first kappa shape index (κ1) is 17.5. The van der Waals surface area contributed by atoms with Crippen LogP contribution < -0.4 is 10.9 Å². The number of rotatable bonds is 4. The molecule has 1 saturated heterocycles. The molecular weight excluding hydrogens is 382 g/mol. The molecule has 0 radical (unpaired) electrons. The zero-order valence-electron chi connectivity index (χ0n) is 13.7. The molecule has 1 heterocycles. The number of halogens is 1. The molecule has 2 N–H and O–H groups in total. The zero-order chi connectivity index (χ0) is 17.6. The van der Waals surface area contributed by atoms with Crippen molar-refractivity contribution in [3.8, 4) is 0 Å². The molecule has 0 spiro atoms. The van der Waals surface area contributed by atoms with Crippen molar-refractivity contribution < 1.29 is 9.59 Å². The molecule has 0 aliphatic carbocycles. The van der Waals surface area contributed by atoms with E-state index in [0.29, 0.717) is 31.5 Å². The fourth-order valence-corrected chi connectivity index (χ4v) is 3.14. The highest BCUT2D eigenvalue weighted by molar-refractivity contribution is 9.10. The lowest BCUT2D eigenvalue weighted by molar-refractivity contribution is -0.125. The number of hydrogen-bond acceptors (Lipinski definition) is 3. The van der Waals surface area contributed by atoms with E-state index in [1.807, 2.05) is 59.5 Å². The van der Waals surface area contributed by atoms with Gasteiger partial charge < -0.3 is 4.90 Å². The Morgan fingerprint density at radius 2 is 1.60 bits per heavy atom. The predicted molar refractivity (Wildman–Crippen MR) is 101 cm³/mol. The van der Waals surface area contributed by atoms with Gasteiger partial charge in [0.15, 0.2) is 0 Å². The highest BCUT2D eigenvalue weighted by atomic mass is 79.9. The first-order valence-electron chi connectivity index (χ1n) is 8.29. The maximum absolute atomic E-state index is 12.5. The number of para-hydroxylation sites is 1. The molecule has 6 heteroatoms. The van der Waals surface area contributed by atoms with Crippen LogP contribution in [0.5, 0.6) is 0 Å². The number of nitrogens with zero attached hydrogens (tertiary/aromatic N) is 1. The number of piperidine rings is 1. The third-order valence-electron chi connectivity index (χ3n) is 4.35. The van der Waals surface area contributed by atoms with Crippen LogP contribution in [0.2, 0.25) is 0 Å². The van der Waals surface area contributed by atoms with Crippen molar-refractivity contribution in [2.45, 2.75) is 12.8 Å². The smallest absolute Gasteiger partial charge is 0.253 e. The number of carbonyl (C=O) groups is 2. The molecule has 2 aromatic rings. The molecular formula is C19H20BrN3O2. The zero-order valence-corrected chi connectivity index (χ0v) is 15.3. The standard InChI is InChI=1S/C19H20BrN3O2/c20-16-8-6-15(7-9-16)19(25)23-12-10-14(11-13-23)18(24)22-21-17-4-2-1-3-5-17/h1-9,14,21H,10-13H2,(H,22,24). The summed E-state index contributed by atoms with van der Waals surface area (Å²) in [5.41, 5.74) is 7.20. The van der Waals surface area contributed by atoms with E-state index in [-0.39, 0.29) is 17.7 Å². The van der Waals surface area contributed by atoms with Crippen molar-refractivity contribution in [3.05, 3.63) is 64.6 Å². The van der Waals surface area contributed by atoms with Crippen molar-refractivity contribution in [1.29, 1.82) is 0 Å². The number of hydrogen-bond donors (Lipinski definition) is 2. The lowest BCUT2D eigenvalue weighted by atomic mass is 9.95.